The van der Waals surface area contributed by atoms with E-state index in [4.69, 9.17) is 0 Å². The Balaban J connectivity index is 0.000000141. The van der Waals surface area contributed by atoms with E-state index in [1.54, 1.807) is 6.20 Å². The van der Waals surface area contributed by atoms with Crippen molar-refractivity contribution in [3.63, 3.8) is 0 Å². The van der Waals surface area contributed by atoms with E-state index in [2.05, 4.69) is 27.1 Å². The summed E-state index contributed by atoms with van der Waals surface area (Å²) in [7, 11) is 0. The molecule has 0 spiro atoms. The number of nitrogens with zero attached hydrogens (tertiary/aromatic N) is 3. The second-order valence-corrected chi connectivity index (χ2v) is 4.41. The number of pyridine rings is 1. The number of rotatable bonds is 0. The minimum atomic E-state index is 0.984. The van der Waals surface area contributed by atoms with Crippen LogP contribution >= 0.6 is 0 Å². The van der Waals surface area contributed by atoms with Gasteiger partial charge in [-0.3, -0.25) is 15.0 Å². The van der Waals surface area contributed by atoms with Gasteiger partial charge in [0.25, 0.3) is 0 Å². The van der Waals surface area contributed by atoms with Gasteiger partial charge >= 0.3 is 0 Å². The van der Waals surface area contributed by atoms with Crippen LogP contribution in [-0.2, 0) is 0 Å². The van der Waals surface area contributed by atoms with Crippen LogP contribution in [0.5, 0.6) is 0 Å². The molecule has 0 unspecified atom stereocenters. The number of aromatic nitrogens is 3. The Bertz CT molecular complexity index is 612. The van der Waals surface area contributed by atoms with Crippen LogP contribution in [0.1, 0.15) is 17.1 Å². The zero-order chi connectivity index (χ0) is 13.7. The van der Waals surface area contributed by atoms with Gasteiger partial charge in [0, 0.05) is 18.6 Å². The van der Waals surface area contributed by atoms with E-state index in [-0.39, 0.29) is 0 Å². The van der Waals surface area contributed by atoms with Gasteiger partial charge in [0.15, 0.2) is 0 Å². The third-order valence-electron chi connectivity index (χ3n) is 2.86. The Kier molecular flexibility index (Phi) is 4.18. The van der Waals surface area contributed by atoms with Gasteiger partial charge in [-0.15, -0.1) is 0 Å². The van der Waals surface area contributed by atoms with Crippen molar-refractivity contribution in [3.8, 4) is 0 Å². The highest BCUT2D eigenvalue weighted by molar-refractivity contribution is 5.80. The fourth-order valence-electron chi connectivity index (χ4n) is 1.68. The Morgan fingerprint density at radius 2 is 1.53 bits per heavy atom. The molecular weight excluding hydrogens is 234 g/mol. The predicted molar refractivity (Wildman–Crippen MR) is 78.0 cm³/mol. The normalized spacial score (nSPS) is 9.84. The van der Waals surface area contributed by atoms with E-state index in [0.29, 0.717) is 0 Å². The number of hydrogen-bond acceptors (Lipinski definition) is 3. The molecule has 0 aliphatic heterocycles. The van der Waals surface area contributed by atoms with Crippen LogP contribution in [0.15, 0.2) is 48.9 Å². The molecule has 3 nitrogen and oxygen atoms in total. The SMILES string of the molecule is Cc1cnc(C)c(C)n1.c1ccc2cnccc2c1. The van der Waals surface area contributed by atoms with Crippen LogP contribution < -0.4 is 0 Å². The van der Waals surface area contributed by atoms with Crippen LogP contribution in [0.2, 0.25) is 0 Å². The molecule has 0 amide bonds. The molecule has 2 heterocycles. The molecule has 19 heavy (non-hydrogen) atoms. The standard InChI is InChI=1S/C9H7N.C7H10N2/c1-2-4-9-7-10-6-5-8(9)3-1;1-5-4-8-6(2)7(3)9-5/h1-7H;4H,1-3H3. The zero-order valence-corrected chi connectivity index (χ0v) is 11.5. The highest BCUT2D eigenvalue weighted by Crippen LogP contribution is 2.09. The smallest absolute Gasteiger partial charge is 0.0588 e. The fraction of sp³-hybridized carbons (Fsp3) is 0.188. The highest BCUT2D eigenvalue weighted by atomic mass is 14.8. The van der Waals surface area contributed by atoms with E-state index in [1.807, 2.05) is 51.4 Å². The number of fused-ring (bicyclic) bond motifs is 1. The van der Waals surface area contributed by atoms with Crippen LogP contribution in [0, 0.1) is 20.8 Å². The maximum absolute atomic E-state index is 4.21. The Morgan fingerprint density at radius 1 is 0.789 bits per heavy atom. The quantitative estimate of drug-likeness (QED) is 0.612. The lowest BCUT2D eigenvalue weighted by atomic mass is 10.2. The average Bonchev–Trinajstić information content (AvgIpc) is 2.44. The van der Waals surface area contributed by atoms with Crippen LogP contribution in [0.4, 0.5) is 0 Å². The molecule has 0 atom stereocenters. The van der Waals surface area contributed by atoms with Gasteiger partial charge in [-0.25, -0.2) is 0 Å². The Morgan fingerprint density at radius 3 is 2.16 bits per heavy atom. The lowest BCUT2D eigenvalue weighted by molar-refractivity contribution is 1.00. The van der Waals surface area contributed by atoms with Gasteiger partial charge in [0.2, 0.25) is 0 Å². The molecule has 3 rings (SSSR count). The van der Waals surface area contributed by atoms with Crippen molar-refractivity contribution < 1.29 is 0 Å². The van der Waals surface area contributed by atoms with Gasteiger partial charge in [0.05, 0.1) is 17.1 Å². The third-order valence-corrected chi connectivity index (χ3v) is 2.86. The topological polar surface area (TPSA) is 38.7 Å². The maximum Gasteiger partial charge on any atom is 0.0588 e. The summed E-state index contributed by atoms with van der Waals surface area (Å²) in [5.74, 6) is 0. The van der Waals surface area contributed by atoms with Crippen molar-refractivity contribution in [2.45, 2.75) is 20.8 Å². The first-order valence-corrected chi connectivity index (χ1v) is 6.22. The minimum Gasteiger partial charge on any atom is -0.264 e. The van der Waals surface area contributed by atoms with E-state index < -0.39 is 0 Å². The molecule has 0 aliphatic rings. The summed E-state index contributed by atoms with van der Waals surface area (Å²) in [4.78, 5) is 12.3. The van der Waals surface area contributed by atoms with Crippen molar-refractivity contribution in [2.75, 3.05) is 0 Å². The molecule has 0 saturated heterocycles. The van der Waals surface area contributed by atoms with Crippen molar-refractivity contribution in [2.24, 2.45) is 0 Å². The maximum atomic E-state index is 4.21. The summed E-state index contributed by atoms with van der Waals surface area (Å²) in [6.07, 6.45) is 5.46. The molecule has 0 N–H and O–H groups in total. The van der Waals surface area contributed by atoms with Crippen LogP contribution in [0.3, 0.4) is 0 Å². The van der Waals surface area contributed by atoms with Gasteiger partial charge < -0.3 is 0 Å². The first-order chi connectivity index (χ1) is 9.16. The molecule has 3 heteroatoms. The van der Waals surface area contributed by atoms with Crippen molar-refractivity contribution in [1.82, 2.24) is 15.0 Å². The molecule has 2 aromatic heterocycles. The van der Waals surface area contributed by atoms with Gasteiger partial charge in [0.1, 0.15) is 0 Å². The molecule has 0 bridgehead atoms. The second-order valence-electron chi connectivity index (χ2n) is 4.41. The summed E-state index contributed by atoms with van der Waals surface area (Å²) in [6, 6.07) is 10.2. The molecule has 0 fully saturated rings. The van der Waals surface area contributed by atoms with E-state index in [9.17, 15) is 0 Å². The third kappa shape index (κ3) is 3.58. The fourth-order valence-corrected chi connectivity index (χ4v) is 1.68. The predicted octanol–water partition coefficient (Wildman–Crippen LogP) is 3.64. The number of aryl methyl sites for hydroxylation is 3. The highest BCUT2D eigenvalue weighted by Gasteiger charge is 1.92. The first-order valence-electron chi connectivity index (χ1n) is 6.22. The van der Waals surface area contributed by atoms with E-state index >= 15 is 0 Å². The van der Waals surface area contributed by atoms with E-state index in [1.165, 1.54) is 10.8 Å². The van der Waals surface area contributed by atoms with Gasteiger partial charge in [-0.2, -0.15) is 0 Å². The monoisotopic (exact) mass is 251 g/mol. The zero-order valence-electron chi connectivity index (χ0n) is 11.5. The summed E-state index contributed by atoms with van der Waals surface area (Å²) < 4.78 is 0. The molecule has 96 valence electrons. The van der Waals surface area contributed by atoms with Crippen LogP contribution in [-0.4, -0.2) is 15.0 Å². The van der Waals surface area contributed by atoms with Gasteiger partial charge in [-0.05, 0) is 37.6 Å². The minimum absolute atomic E-state index is 0.984. The molecule has 3 aromatic rings. The largest absolute Gasteiger partial charge is 0.264 e. The van der Waals surface area contributed by atoms with Crippen molar-refractivity contribution in [3.05, 3.63) is 66.0 Å². The van der Waals surface area contributed by atoms with Crippen molar-refractivity contribution >= 4 is 10.8 Å². The summed E-state index contributed by atoms with van der Waals surface area (Å²) in [5, 5.41) is 2.45. The summed E-state index contributed by atoms with van der Waals surface area (Å²) in [6.45, 7) is 5.87. The molecule has 0 saturated carbocycles. The Labute approximate surface area is 113 Å². The number of benzene rings is 1. The van der Waals surface area contributed by atoms with Crippen LogP contribution in [0.25, 0.3) is 10.8 Å². The summed E-state index contributed by atoms with van der Waals surface area (Å²) >= 11 is 0. The molecule has 1 aromatic carbocycles. The molecular formula is C16H17N3. The summed E-state index contributed by atoms with van der Waals surface area (Å²) in [5.41, 5.74) is 3.02. The number of hydrogen-bond donors (Lipinski definition) is 0. The van der Waals surface area contributed by atoms with Crippen molar-refractivity contribution in [1.29, 1.82) is 0 Å². The van der Waals surface area contributed by atoms with Gasteiger partial charge in [-0.1, -0.05) is 24.3 Å². The second kappa shape index (κ2) is 6.05. The lowest BCUT2D eigenvalue weighted by Crippen LogP contribution is -1.92. The first kappa shape index (κ1) is 13.1. The molecule has 0 aliphatic carbocycles. The van der Waals surface area contributed by atoms with E-state index in [0.717, 1.165) is 17.1 Å². The lowest BCUT2D eigenvalue weighted by Gasteiger charge is -1.96. The average molecular weight is 251 g/mol. The Hall–Kier alpha value is -2.29. The molecule has 0 radical (unpaired) electrons.